The fourth-order valence-electron chi connectivity index (χ4n) is 3.07. The third-order valence-electron chi connectivity index (χ3n) is 4.41. The zero-order chi connectivity index (χ0) is 19.3. The monoisotopic (exact) mass is 435 g/mol. The van der Waals surface area contributed by atoms with E-state index in [0.29, 0.717) is 0 Å². The van der Waals surface area contributed by atoms with Crippen LogP contribution in [0.25, 0.3) is 0 Å². The Balaban J connectivity index is 2.02. The second-order valence-electron chi connectivity index (χ2n) is 6.46. The summed E-state index contributed by atoms with van der Waals surface area (Å²) in [6, 6.07) is -1.11. The predicted molar refractivity (Wildman–Crippen MR) is 94.3 cm³/mol. The molecule has 0 unspecified atom stereocenters. The summed E-state index contributed by atoms with van der Waals surface area (Å²) in [5.74, 6) is 0. The number of halogens is 3. The average Bonchev–Trinajstić information content (AvgIpc) is 2.59. The molecule has 26 heavy (non-hydrogen) atoms. The molecule has 1 saturated heterocycles. The van der Waals surface area contributed by atoms with Crippen molar-refractivity contribution in [3.05, 3.63) is 0 Å². The largest absolute Gasteiger partial charge is 0.445 e. The summed E-state index contributed by atoms with van der Waals surface area (Å²) >= 11 is 16.6. The first kappa shape index (κ1) is 22.2. The van der Waals surface area contributed by atoms with E-state index in [4.69, 9.17) is 49.0 Å². The van der Waals surface area contributed by atoms with Crippen molar-refractivity contribution in [3.8, 4) is 0 Å². The van der Waals surface area contributed by atoms with Gasteiger partial charge < -0.3 is 34.8 Å². The van der Waals surface area contributed by atoms with Gasteiger partial charge in [-0.2, -0.15) is 0 Å². The van der Waals surface area contributed by atoms with Gasteiger partial charge in [0.25, 0.3) is 0 Å². The van der Waals surface area contributed by atoms with E-state index in [1.54, 1.807) is 0 Å². The molecule has 1 aliphatic carbocycles. The molecule has 0 aromatic heterocycles. The number of alkyl carbamates (subject to hydrolysis) is 1. The maximum atomic E-state index is 11.9. The van der Waals surface area contributed by atoms with Crippen molar-refractivity contribution in [1.82, 2.24) is 5.32 Å². The second-order valence-corrected chi connectivity index (χ2v) is 8.98. The van der Waals surface area contributed by atoms with Crippen molar-refractivity contribution in [2.24, 2.45) is 0 Å². The van der Waals surface area contributed by atoms with Gasteiger partial charge in [-0.15, -0.1) is 0 Å². The van der Waals surface area contributed by atoms with Crippen molar-refractivity contribution >= 4 is 40.9 Å². The molecule has 1 saturated carbocycles. The van der Waals surface area contributed by atoms with Crippen molar-refractivity contribution in [2.75, 3.05) is 13.2 Å². The standard InChI is InChI=1S/C15H24Cl3NO7/c16-15(17,18)7-24-14(23)19-10-12(22)11(21)9(6-20)26-13(10)25-8-4-2-1-3-5-8/h8-13,20-22H,1-7H2,(H,19,23)/t9-,10-,11-,12-,13-/m1/s1. The highest BCUT2D eigenvalue weighted by atomic mass is 35.6. The molecular formula is C15H24Cl3NO7. The number of hydrogen-bond acceptors (Lipinski definition) is 7. The summed E-state index contributed by atoms with van der Waals surface area (Å²) in [6.07, 6.45) is -1.21. The zero-order valence-corrected chi connectivity index (χ0v) is 16.3. The highest BCUT2D eigenvalue weighted by molar-refractivity contribution is 6.67. The zero-order valence-electron chi connectivity index (χ0n) is 14.0. The molecule has 0 radical (unpaired) electrons. The Labute approximate surface area is 166 Å². The van der Waals surface area contributed by atoms with Crippen LogP contribution in [0, 0.1) is 0 Å². The number of rotatable bonds is 5. The number of carbonyl (C=O) groups is 1. The molecule has 1 aliphatic heterocycles. The fourth-order valence-corrected chi connectivity index (χ4v) is 3.23. The summed E-state index contributed by atoms with van der Waals surface area (Å²) in [6.45, 7) is -1.00. The van der Waals surface area contributed by atoms with Gasteiger partial charge in [-0.3, -0.25) is 0 Å². The van der Waals surface area contributed by atoms with Crippen LogP contribution in [-0.4, -0.2) is 75.2 Å². The SMILES string of the molecule is O=C(N[C@H]1[C@H](OC2CCCCC2)O[C@H](CO)[C@@H](O)[C@@H]1O)OCC(Cl)(Cl)Cl. The van der Waals surface area contributed by atoms with Crippen LogP contribution < -0.4 is 5.32 Å². The Morgan fingerprint density at radius 3 is 2.38 bits per heavy atom. The molecule has 2 aliphatic rings. The van der Waals surface area contributed by atoms with E-state index in [0.717, 1.165) is 32.1 Å². The van der Waals surface area contributed by atoms with Gasteiger partial charge >= 0.3 is 6.09 Å². The van der Waals surface area contributed by atoms with E-state index < -0.39 is 53.7 Å². The van der Waals surface area contributed by atoms with E-state index in [-0.39, 0.29) is 6.10 Å². The van der Waals surface area contributed by atoms with Gasteiger partial charge in [0.05, 0.1) is 12.7 Å². The molecule has 8 nitrogen and oxygen atoms in total. The van der Waals surface area contributed by atoms with Gasteiger partial charge in [0.15, 0.2) is 6.29 Å². The molecule has 0 aromatic rings. The topological polar surface area (TPSA) is 117 Å². The van der Waals surface area contributed by atoms with Gasteiger partial charge in [0, 0.05) is 0 Å². The number of carbonyl (C=O) groups excluding carboxylic acids is 1. The van der Waals surface area contributed by atoms with Gasteiger partial charge in [0.1, 0.15) is 31.0 Å². The molecule has 0 bridgehead atoms. The first-order chi connectivity index (χ1) is 12.2. The molecule has 4 N–H and O–H groups in total. The quantitative estimate of drug-likeness (QED) is 0.479. The number of ether oxygens (including phenoxy) is 3. The van der Waals surface area contributed by atoms with Gasteiger partial charge in [-0.05, 0) is 12.8 Å². The first-order valence-corrected chi connectivity index (χ1v) is 9.62. The van der Waals surface area contributed by atoms with Crippen LogP contribution in [0.15, 0.2) is 0 Å². The molecule has 5 atom stereocenters. The van der Waals surface area contributed by atoms with Crippen LogP contribution in [0.5, 0.6) is 0 Å². The Morgan fingerprint density at radius 1 is 1.15 bits per heavy atom. The molecule has 1 amide bonds. The third-order valence-corrected chi connectivity index (χ3v) is 4.74. The lowest BCUT2D eigenvalue weighted by Gasteiger charge is -2.43. The normalized spacial score (nSPS) is 33.7. The van der Waals surface area contributed by atoms with Gasteiger partial charge in [-0.1, -0.05) is 54.1 Å². The maximum absolute atomic E-state index is 11.9. The molecular weight excluding hydrogens is 413 g/mol. The maximum Gasteiger partial charge on any atom is 0.407 e. The van der Waals surface area contributed by atoms with E-state index in [2.05, 4.69) is 5.32 Å². The lowest BCUT2D eigenvalue weighted by atomic mass is 9.95. The van der Waals surface area contributed by atoms with E-state index >= 15 is 0 Å². The number of amides is 1. The van der Waals surface area contributed by atoms with Crippen molar-refractivity contribution < 1.29 is 34.3 Å². The Kier molecular flexibility index (Phi) is 8.49. The summed E-state index contributed by atoms with van der Waals surface area (Å²) in [4.78, 5) is 11.9. The van der Waals surface area contributed by atoms with Gasteiger partial charge in [0.2, 0.25) is 3.79 Å². The minimum Gasteiger partial charge on any atom is -0.445 e. The highest BCUT2D eigenvalue weighted by Crippen LogP contribution is 2.28. The van der Waals surface area contributed by atoms with E-state index in [1.165, 1.54) is 0 Å². The average molecular weight is 437 g/mol. The van der Waals surface area contributed by atoms with Gasteiger partial charge in [-0.25, -0.2) is 4.79 Å². The number of nitrogens with one attached hydrogen (secondary N) is 1. The molecule has 1 heterocycles. The first-order valence-electron chi connectivity index (χ1n) is 8.49. The van der Waals surface area contributed by atoms with Crippen LogP contribution >= 0.6 is 34.8 Å². The second kappa shape index (κ2) is 9.93. The van der Waals surface area contributed by atoms with E-state index in [9.17, 15) is 20.1 Å². The van der Waals surface area contributed by atoms with Crippen LogP contribution in [-0.2, 0) is 14.2 Å². The summed E-state index contributed by atoms with van der Waals surface area (Å²) in [5.41, 5.74) is 0. The highest BCUT2D eigenvalue weighted by Gasteiger charge is 2.46. The molecule has 2 rings (SSSR count). The molecule has 0 spiro atoms. The van der Waals surface area contributed by atoms with Crippen molar-refractivity contribution in [2.45, 2.75) is 72.6 Å². The molecule has 0 aromatic carbocycles. The third kappa shape index (κ3) is 6.53. The number of alkyl halides is 3. The Morgan fingerprint density at radius 2 is 1.81 bits per heavy atom. The van der Waals surface area contributed by atoms with Crippen LogP contribution in [0.1, 0.15) is 32.1 Å². The lowest BCUT2D eigenvalue weighted by molar-refractivity contribution is -0.283. The minimum absolute atomic E-state index is 0.1000. The molecule has 11 heteroatoms. The van der Waals surface area contributed by atoms with Crippen LogP contribution in [0.2, 0.25) is 0 Å². The lowest BCUT2D eigenvalue weighted by Crippen LogP contribution is -2.65. The predicted octanol–water partition coefficient (Wildman–Crippen LogP) is 1.24. The summed E-state index contributed by atoms with van der Waals surface area (Å²) < 4.78 is 14.4. The Hall–Kier alpha value is -0.0600. The number of aliphatic hydroxyl groups excluding tert-OH is 3. The summed E-state index contributed by atoms with van der Waals surface area (Å²) in [5, 5.41) is 32.1. The Bertz CT molecular complexity index is 459. The number of aliphatic hydroxyl groups is 3. The smallest absolute Gasteiger partial charge is 0.407 e. The number of hydrogen-bond donors (Lipinski definition) is 4. The van der Waals surface area contributed by atoms with Crippen LogP contribution in [0.4, 0.5) is 4.79 Å². The van der Waals surface area contributed by atoms with Crippen molar-refractivity contribution in [3.63, 3.8) is 0 Å². The molecule has 152 valence electrons. The van der Waals surface area contributed by atoms with Crippen LogP contribution in [0.3, 0.4) is 0 Å². The fraction of sp³-hybridized carbons (Fsp3) is 0.933. The minimum atomic E-state index is -1.78. The summed E-state index contributed by atoms with van der Waals surface area (Å²) in [7, 11) is 0. The van der Waals surface area contributed by atoms with E-state index in [1.807, 2.05) is 0 Å². The van der Waals surface area contributed by atoms with Crippen molar-refractivity contribution in [1.29, 1.82) is 0 Å². The molecule has 2 fully saturated rings.